The van der Waals surface area contributed by atoms with Gasteiger partial charge in [-0.3, -0.25) is 4.79 Å². The summed E-state index contributed by atoms with van der Waals surface area (Å²) in [6.07, 6.45) is 8.16. The average molecular weight is 286 g/mol. The summed E-state index contributed by atoms with van der Waals surface area (Å²) in [7, 11) is 0. The third kappa shape index (κ3) is 1.72. The van der Waals surface area contributed by atoms with Crippen LogP contribution in [0.2, 0.25) is 0 Å². The highest BCUT2D eigenvalue weighted by atomic mass is 16.5. The van der Waals surface area contributed by atoms with E-state index in [0.29, 0.717) is 17.3 Å². The summed E-state index contributed by atoms with van der Waals surface area (Å²) in [4.78, 5) is 21.0. The van der Waals surface area contributed by atoms with E-state index in [9.17, 15) is 4.79 Å². The van der Waals surface area contributed by atoms with Crippen LogP contribution in [0.5, 0.6) is 0 Å². The number of rotatable bonds is 2. The number of imidazole rings is 1. The fraction of sp³-hybridized carbons (Fsp3) is 0.533. The van der Waals surface area contributed by atoms with E-state index in [0.717, 1.165) is 13.0 Å². The molecule has 2 aliphatic rings. The van der Waals surface area contributed by atoms with Crippen molar-refractivity contribution in [2.75, 3.05) is 6.61 Å². The number of amides is 1. The Balaban J connectivity index is 1.60. The maximum Gasteiger partial charge on any atom is 0.274 e. The van der Waals surface area contributed by atoms with Crippen LogP contribution in [0.4, 0.5) is 0 Å². The summed E-state index contributed by atoms with van der Waals surface area (Å²) in [6, 6.07) is 0.134. The third-order valence-electron chi connectivity index (χ3n) is 4.91. The first-order valence-corrected chi connectivity index (χ1v) is 7.29. The van der Waals surface area contributed by atoms with Crippen molar-refractivity contribution < 1.29 is 9.53 Å². The Morgan fingerprint density at radius 2 is 2.14 bits per heavy atom. The van der Waals surface area contributed by atoms with Gasteiger partial charge in [0.15, 0.2) is 11.3 Å². The van der Waals surface area contributed by atoms with Crippen molar-refractivity contribution in [3.8, 4) is 0 Å². The molecular weight excluding hydrogens is 268 g/mol. The Bertz CT molecular complexity index is 709. The monoisotopic (exact) mass is 286 g/mol. The number of fused-ring (bicyclic) bond motifs is 2. The molecule has 1 aliphatic heterocycles. The fourth-order valence-corrected chi connectivity index (χ4v) is 3.84. The van der Waals surface area contributed by atoms with Crippen molar-refractivity contribution >= 4 is 11.6 Å². The quantitative estimate of drug-likeness (QED) is 0.903. The van der Waals surface area contributed by atoms with Gasteiger partial charge in [-0.1, -0.05) is 13.8 Å². The van der Waals surface area contributed by atoms with E-state index < -0.39 is 0 Å². The van der Waals surface area contributed by atoms with E-state index in [-0.39, 0.29) is 23.5 Å². The van der Waals surface area contributed by atoms with Gasteiger partial charge in [0.2, 0.25) is 0 Å². The summed E-state index contributed by atoms with van der Waals surface area (Å²) in [6.45, 7) is 5.08. The number of nitrogens with zero attached hydrogens (tertiary/aromatic N) is 3. The lowest BCUT2D eigenvalue weighted by atomic mass is 9.57. The molecule has 2 aromatic heterocycles. The minimum Gasteiger partial charge on any atom is -0.377 e. The van der Waals surface area contributed by atoms with E-state index in [4.69, 9.17) is 4.74 Å². The van der Waals surface area contributed by atoms with Crippen molar-refractivity contribution in [3.63, 3.8) is 0 Å². The third-order valence-corrected chi connectivity index (χ3v) is 4.91. The second kappa shape index (κ2) is 4.27. The van der Waals surface area contributed by atoms with Crippen molar-refractivity contribution in [3.05, 3.63) is 30.5 Å². The van der Waals surface area contributed by atoms with Gasteiger partial charge in [-0.2, -0.15) is 0 Å². The lowest BCUT2D eigenvalue weighted by Crippen LogP contribution is -2.66. The zero-order valence-electron chi connectivity index (χ0n) is 12.1. The second-order valence-corrected chi connectivity index (χ2v) is 6.45. The predicted molar refractivity (Wildman–Crippen MR) is 75.9 cm³/mol. The van der Waals surface area contributed by atoms with Gasteiger partial charge in [0.25, 0.3) is 5.91 Å². The summed E-state index contributed by atoms with van der Waals surface area (Å²) >= 11 is 0. The molecule has 3 atom stereocenters. The molecule has 21 heavy (non-hydrogen) atoms. The number of hydrogen-bond donors (Lipinski definition) is 1. The predicted octanol–water partition coefficient (Wildman–Crippen LogP) is 1.27. The summed E-state index contributed by atoms with van der Waals surface area (Å²) in [5.41, 5.74) is 0.934. The highest BCUT2D eigenvalue weighted by Gasteiger charge is 2.59. The van der Waals surface area contributed by atoms with Gasteiger partial charge in [0, 0.05) is 48.8 Å². The Labute approximate surface area is 122 Å². The molecule has 0 radical (unpaired) electrons. The Hall–Kier alpha value is -1.95. The van der Waals surface area contributed by atoms with Gasteiger partial charge in [-0.15, -0.1) is 0 Å². The molecule has 2 aromatic rings. The SMILES string of the molecule is CC1(C)[C@@H](NC(=O)c2nccn3ccnc23)[C@@H]2CCO[C@@H]21. The minimum atomic E-state index is -0.157. The van der Waals surface area contributed by atoms with Crippen LogP contribution in [-0.2, 0) is 4.74 Å². The van der Waals surface area contributed by atoms with Crippen LogP contribution in [0.25, 0.3) is 5.65 Å². The molecule has 3 heterocycles. The maximum atomic E-state index is 12.6. The van der Waals surface area contributed by atoms with E-state index in [1.165, 1.54) is 0 Å². The molecular formula is C15H18N4O2. The van der Waals surface area contributed by atoms with Crippen LogP contribution in [0, 0.1) is 11.3 Å². The van der Waals surface area contributed by atoms with Crippen LogP contribution in [0.15, 0.2) is 24.8 Å². The van der Waals surface area contributed by atoms with Gasteiger partial charge < -0.3 is 14.5 Å². The molecule has 6 heteroatoms. The lowest BCUT2D eigenvalue weighted by molar-refractivity contribution is -0.108. The largest absolute Gasteiger partial charge is 0.377 e. The normalized spacial score (nSPS) is 29.9. The van der Waals surface area contributed by atoms with Crippen molar-refractivity contribution in [2.45, 2.75) is 32.4 Å². The number of nitrogens with one attached hydrogen (secondary N) is 1. The highest BCUT2D eigenvalue weighted by molar-refractivity contribution is 5.98. The molecule has 1 amide bonds. The molecule has 6 nitrogen and oxygen atoms in total. The molecule has 1 saturated heterocycles. The van der Waals surface area contributed by atoms with Gasteiger partial charge >= 0.3 is 0 Å². The molecule has 2 fully saturated rings. The van der Waals surface area contributed by atoms with Crippen LogP contribution < -0.4 is 5.32 Å². The molecule has 1 N–H and O–H groups in total. The fourth-order valence-electron chi connectivity index (χ4n) is 3.84. The van der Waals surface area contributed by atoms with Crippen LogP contribution in [-0.4, -0.2) is 39.0 Å². The summed E-state index contributed by atoms with van der Waals surface area (Å²) in [5.74, 6) is 0.263. The van der Waals surface area contributed by atoms with Crippen molar-refractivity contribution in [1.29, 1.82) is 0 Å². The smallest absolute Gasteiger partial charge is 0.274 e. The van der Waals surface area contributed by atoms with E-state index in [1.54, 1.807) is 23.0 Å². The van der Waals surface area contributed by atoms with Crippen LogP contribution >= 0.6 is 0 Å². The van der Waals surface area contributed by atoms with Gasteiger partial charge in [-0.05, 0) is 6.42 Å². The number of ether oxygens (including phenoxy) is 1. The molecule has 4 rings (SSSR count). The average Bonchev–Trinajstić information content (AvgIpc) is 3.11. The maximum absolute atomic E-state index is 12.6. The highest BCUT2D eigenvalue weighted by Crippen LogP contribution is 2.52. The molecule has 0 bridgehead atoms. The lowest BCUT2D eigenvalue weighted by Gasteiger charge is -2.54. The Morgan fingerprint density at radius 1 is 1.38 bits per heavy atom. The molecule has 0 unspecified atom stereocenters. The topological polar surface area (TPSA) is 68.5 Å². The van der Waals surface area contributed by atoms with Gasteiger partial charge in [-0.25, -0.2) is 9.97 Å². The van der Waals surface area contributed by atoms with Gasteiger partial charge in [0.05, 0.1) is 6.10 Å². The van der Waals surface area contributed by atoms with E-state index >= 15 is 0 Å². The van der Waals surface area contributed by atoms with Crippen LogP contribution in [0.3, 0.4) is 0 Å². The zero-order chi connectivity index (χ0) is 14.6. The number of carbonyl (C=O) groups excluding carboxylic acids is 1. The Kier molecular flexibility index (Phi) is 2.60. The first-order chi connectivity index (χ1) is 10.1. The summed E-state index contributed by atoms with van der Waals surface area (Å²) in [5, 5.41) is 3.14. The van der Waals surface area contributed by atoms with Crippen molar-refractivity contribution in [2.24, 2.45) is 11.3 Å². The first kappa shape index (κ1) is 12.8. The summed E-state index contributed by atoms with van der Waals surface area (Å²) < 4.78 is 7.56. The molecule has 110 valence electrons. The molecule has 0 aromatic carbocycles. The van der Waals surface area contributed by atoms with E-state index in [2.05, 4.69) is 29.1 Å². The minimum absolute atomic E-state index is 0.0304. The second-order valence-electron chi connectivity index (χ2n) is 6.45. The zero-order valence-corrected chi connectivity index (χ0v) is 12.1. The van der Waals surface area contributed by atoms with Gasteiger partial charge in [0.1, 0.15) is 0 Å². The standard InChI is InChI=1S/C15H18N4O2/c1-15(2)11(9-3-8-21-12(9)15)18-14(20)10-13-17-5-7-19(13)6-4-16-10/h4-7,9,11-12H,3,8H2,1-2H3,(H,18,20)/t9-,11-,12-/m0/s1. The Morgan fingerprint density at radius 3 is 2.95 bits per heavy atom. The molecule has 0 spiro atoms. The van der Waals surface area contributed by atoms with Crippen molar-refractivity contribution in [1.82, 2.24) is 19.7 Å². The number of hydrogen-bond acceptors (Lipinski definition) is 4. The van der Waals surface area contributed by atoms with Crippen LogP contribution in [0.1, 0.15) is 30.8 Å². The number of carbonyl (C=O) groups is 1. The first-order valence-electron chi connectivity index (χ1n) is 7.29. The molecule has 1 aliphatic carbocycles. The molecule has 1 saturated carbocycles. The van der Waals surface area contributed by atoms with E-state index in [1.807, 2.05) is 6.20 Å². The number of aromatic nitrogens is 3.